The summed E-state index contributed by atoms with van der Waals surface area (Å²) in [5, 5.41) is 3.67. The quantitative estimate of drug-likeness (QED) is 0.834. The van der Waals surface area contributed by atoms with Crippen molar-refractivity contribution in [2.45, 2.75) is 58.0 Å². The van der Waals surface area contributed by atoms with E-state index in [9.17, 15) is 0 Å². The van der Waals surface area contributed by atoms with E-state index in [1.807, 2.05) is 6.07 Å². The molecule has 1 fully saturated rings. The first kappa shape index (κ1) is 11.7. The molecular formula is C14H23NO. The van der Waals surface area contributed by atoms with Crippen molar-refractivity contribution >= 4 is 0 Å². The molecule has 2 rings (SSSR count). The van der Waals surface area contributed by atoms with Crippen LogP contribution >= 0.6 is 0 Å². The summed E-state index contributed by atoms with van der Waals surface area (Å²) >= 11 is 0. The van der Waals surface area contributed by atoms with E-state index in [-0.39, 0.29) is 0 Å². The number of hydrogen-bond acceptors (Lipinski definition) is 2. The minimum absolute atomic E-state index is 0.346. The highest BCUT2D eigenvalue weighted by Gasteiger charge is 2.21. The van der Waals surface area contributed by atoms with Gasteiger partial charge in [0.05, 0.1) is 12.3 Å². The van der Waals surface area contributed by atoms with Crippen LogP contribution in [0.4, 0.5) is 0 Å². The third kappa shape index (κ3) is 2.88. The molecule has 2 nitrogen and oxygen atoms in total. The van der Waals surface area contributed by atoms with Crippen LogP contribution in [0, 0.1) is 5.92 Å². The fraction of sp³-hybridized carbons (Fsp3) is 0.714. The lowest BCUT2D eigenvalue weighted by Crippen LogP contribution is -2.34. The van der Waals surface area contributed by atoms with Gasteiger partial charge in [-0.25, -0.2) is 0 Å². The number of furan rings is 1. The highest BCUT2D eigenvalue weighted by atomic mass is 16.3. The van der Waals surface area contributed by atoms with Gasteiger partial charge in [-0.2, -0.15) is 0 Å². The number of nitrogens with one attached hydrogen (secondary N) is 1. The summed E-state index contributed by atoms with van der Waals surface area (Å²) in [4.78, 5) is 0. The molecule has 1 atom stereocenters. The first-order chi connectivity index (χ1) is 7.79. The van der Waals surface area contributed by atoms with Gasteiger partial charge in [-0.15, -0.1) is 0 Å². The lowest BCUT2D eigenvalue weighted by atomic mass is 9.84. The molecule has 0 amide bonds. The summed E-state index contributed by atoms with van der Waals surface area (Å²) < 4.78 is 5.42. The summed E-state index contributed by atoms with van der Waals surface area (Å²) in [7, 11) is 0. The predicted octanol–water partition coefficient (Wildman–Crippen LogP) is 3.90. The number of rotatable bonds is 4. The van der Waals surface area contributed by atoms with Gasteiger partial charge in [0.2, 0.25) is 0 Å². The largest absolute Gasteiger partial charge is 0.468 e. The van der Waals surface area contributed by atoms with Crippen molar-refractivity contribution in [2.75, 3.05) is 0 Å². The van der Waals surface area contributed by atoms with Crippen molar-refractivity contribution in [2.24, 2.45) is 5.92 Å². The third-order valence-electron chi connectivity index (χ3n) is 3.88. The van der Waals surface area contributed by atoms with E-state index in [1.54, 1.807) is 6.26 Å². The molecule has 1 saturated carbocycles. The van der Waals surface area contributed by atoms with E-state index in [4.69, 9.17) is 4.42 Å². The second-order valence-electron chi connectivity index (χ2n) is 5.03. The average molecular weight is 221 g/mol. The van der Waals surface area contributed by atoms with Gasteiger partial charge in [-0.1, -0.05) is 13.3 Å². The SMILES string of the molecule is CCC1CCC(N[C@H](C)c2ccco2)CC1. The second-order valence-corrected chi connectivity index (χ2v) is 5.03. The van der Waals surface area contributed by atoms with Crippen LogP contribution in [0.5, 0.6) is 0 Å². The zero-order valence-corrected chi connectivity index (χ0v) is 10.4. The van der Waals surface area contributed by atoms with Crippen LogP contribution in [0.2, 0.25) is 0 Å². The molecule has 90 valence electrons. The van der Waals surface area contributed by atoms with Crippen molar-refractivity contribution < 1.29 is 4.42 Å². The first-order valence-corrected chi connectivity index (χ1v) is 6.59. The Labute approximate surface area is 98.4 Å². The lowest BCUT2D eigenvalue weighted by Gasteiger charge is -2.30. The highest BCUT2D eigenvalue weighted by Crippen LogP contribution is 2.28. The van der Waals surface area contributed by atoms with Crippen LogP contribution in [0.1, 0.15) is 57.8 Å². The van der Waals surface area contributed by atoms with Gasteiger partial charge >= 0.3 is 0 Å². The van der Waals surface area contributed by atoms with Gasteiger partial charge in [0.15, 0.2) is 0 Å². The van der Waals surface area contributed by atoms with E-state index in [0.717, 1.165) is 11.7 Å². The van der Waals surface area contributed by atoms with Crippen molar-refractivity contribution in [3.8, 4) is 0 Å². The summed E-state index contributed by atoms with van der Waals surface area (Å²) in [6, 6.07) is 5.04. The van der Waals surface area contributed by atoms with Gasteiger partial charge in [0.1, 0.15) is 5.76 Å². The predicted molar refractivity (Wildman–Crippen MR) is 66.3 cm³/mol. The summed E-state index contributed by atoms with van der Waals surface area (Å²) in [6.45, 7) is 4.49. The van der Waals surface area contributed by atoms with Crippen LogP contribution in [0.3, 0.4) is 0 Å². The van der Waals surface area contributed by atoms with Gasteiger partial charge < -0.3 is 9.73 Å². The Hall–Kier alpha value is -0.760. The normalized spacial score (nSPS) is 27.9. The van der Waals surface area contributed by atoms with Gasteiger partial charge in [0.25, 0.3) is 0 Å². The summed E-state index contributed by atoms with van der Waals surface area (Å²) in [5.74, 6) is 2.02. The second kappa shape index (κ2) is 5.53. The van der Waals surface area contributed by atoms with Gasteiger partial charge in [0, 0.05) is 6.04 Å². The van der Waals surface area contributed by atoms with Crippen LogP contribution < -0.4 is 5.32 Å². The summed E-state index contributed by atoms with van der Waals surface area (Å²) in [6.07, 6.45) is 8.52. The van der Waals surface area contributed by atoms with E-state index >= 15 is 0 Å². The molecule has 0 unspecified atom stereocenters. The maximum Gasteiger partial charge on any atom is 0.120 e. The fourth-order valence-corrected chi connectivity index (χ4v) is 2.71. The topological polar surface area (TPSA) is 25.2 Å². The van der Waals surface area contributed by atoms with Crippen LogP contribution in [-0.4, -0.2) is 6.04 Å². The van der Waals surface area contributed by atoms with Crippen molar-refractivity contribution in [3.63, 3.8) is 0 Å². The van der Waals surface area contributed by atoms with E-state index < -0.39 is 0 Å². The molecule has 0 spiro atoms. The average Bonchev–Trinajstić information content (AvgIpc) is 2.83. The monoisotopic (exact) mass is 221 g/mol. The molecule has 0 aromatic carbocycles. The van der Waals surface area contributed by atoms with Crippen LogP contribution in [0.25, 0.3) is 0 Å². The Morgan fingerprint density at radius 1 is 1.38 bits per heavy atom. The standard InChI is InChI=1S/C14H23NO/c1-3-12-6-8-13(9-7-12)15-11(2)14-5-4-10-16-14/h4-5,10-13,15H,3,6-9H2,1-2H3/t11-,12?,13?/m1/s1. The Morgan fingerprint density at radius 3 is 2.69 bits per heavy atom. The molecule has 2 heteroatoms. The Bertz CT molecular complexity index is 286. The first-order valence-electron chi connectivity index (χ1n) is 6.59. The Kier molecular flexibility index (Phi) is 4.05. The zero-order valence-electron chi connectivity index (χ0n) is 10.4. The van der Waals surface area contributed by atoms with E-state index in [1.165, 1.54) is 32.1 Å². The molecule has 1 N–H and O–H groups in total. The van der Waals surface area contributed by atoms with Gasteiger partial charge in [-0.3, -0.25) is 0 Å². The van der Waals surface area contributed by atoms with Crippen molar-refractivity contribution in [1.82, 2.24) is 5.32 Å². The summed E-state index contributed by atoms with van der Waals surface area (Å²) in [5.41, 5.74) is 0. The lowest BCUT2D eigenvalue weighted by molar-refractivity contribution is 0.264. The molecule has 16 heavy (non-hydrogen) atoms. The fourth-order valence-electron chi connectivity index (χ4n) is 2.71. The molecule has 1 aromatic heterocycles. The molecule has 1 aliphatic carbocycles. The number of hydrogen-bond donors (Lipinski definition) is 1. The Balaban J connectivity index is 1.78. The third-order valence-corrected chi connectivity index (χ3v) is 3.88. The highest BCUT2D eigenvalue weighted by molar-refractivity contribution is 5.03. The van der Waals surface area contributed by atoms with Crippen molar-refractivity contribution in [1.29, 1.82) is 0 Å². The van der Waals surface area contributed by atoms with Gasteiger partial charge in [-0.05, 0) is 50.7 Å². The van der Waals surface area contributed by atoms with Crippen LogP contribution in [-0.2, 0) is 0 Å². The molecule has 1 aromatic rings. The molecule has 0 saturated heterocycles. The zero-order chi connectivity index (χ0) is 11.4. The molecule has 0 aliphatic heterocycles. The minimum Gasteiger partial charge on any atom is -0.468 e. The van der Waals surface area contributed by atoms with E-state index in [2.05, 4.69) is 25.2 Å². The minimum atomic E-state index is 0.346. The Morgan fingerprint density at radius 2 is 2.12 bits per heavy atom. The van der Waals surface area contributed by atoms with E-state index in [0.29, 0.717) is 12.1 Å². The van der Waals surface area contributed by atoms with Crippen molar-refractivity contribution in [3.05, 3.63) is 24.2 Å². The maximum atomic E-state index is 5.42. The molecule has 1 aliphatic rings. The smallest absolute Gasteiger partial charge is 0.120 e. The maximum absolute atomic E-state index is 5.42. The molecular weight excluding hydrogens is 198 g/mol. The molecule has 0 radical (unpaired) electrons. The van der Waals surface area contributed by atoms with Crippen LogP contribution in [0.15, 0.2) is 22.8 Å². The molecule has 1 heterocycles. The molecule has 0 bridgehead atoms.